The second-order valence-corrected chi connectivity index (χ2v) is 3.29. The van der Waals surface area contributed by atoms with Gasteiger partial charge in [0.25, 0.3) is 0 Å². The van der Waals surface area contributed by atoms with Gasteiger partial charge in [0.2, 0.25) is 0 Å². The fourth-order valence-corrected chi connectivity index (χ4v) is 1.40. The fourth-order valence-electron chi connectivity index (χ4n) is 0.929. The molecule has 0 aromatic heterocycles. The van der Waals surface area contributed by atoms with Crippen LogP contribution in [0.4, 0.5) is 0 Å². The first-order chi connectivity index (χ1) is 5.11. The van der Waals surface area contributed by atoms with Gasteiger partial charge in [-0.1, -0.05) is 27.6 Å². The molecular weight excluding hydrogens is 207 g/mol. The van der Waals surface area contributed by atoms with Gasteiger partial charge in [-0.05, 0) is 24.5 Å². The summed E-state index contributed by atoms with van der Waals surface area (Å²) in [4.78, 5) is 0. The zero-order chi connectivity index (χ0) is 8.43. The van der Waals surface area contributed by atoms with E-state index >= 15 is 0 Å². The van der Waals surface area contributed by atoms with E-state index in [1.807, 2.05) is 13.0 Å². The molecule has 0 unspecified atom stereocenters. The molecule has 1 aromatic rings. The number of aryl methyl sites for hydroxylation is 1. The van der Waals surface area contributed by atoms with Crippen molar-refractivity contribution in [2.45, 2.75) is 6.92 Å². The molecule has 4 heteroatoms. The predicted octanol–water partition coefficient (Wildman–Crippen LogP) is 0.437. The molecule has 58 valence electrons. The summed E-state index contributed by atoms with van der Waals surface area (Å²) in [5, 5.41) is 17.7. The van der Waals surface area contributed by atoms with Crippen molar-refractivity contribution < 1.29 is 10.0 Å². The van der Waals surface area contributed by atoms with Gasteiger partial charge in [-0.25, -0.2) is 0 Å². The summed E-state index contributed by atoms with van der Waals surface area (Å²) in [5.41, 5.74) is 1.42. The van der Waals surface area contributed by atoms with E-state index in [9.17, 15) is 0 Å². The molecule has 0 heterocycles. The molecule has 0 saturated carbocycles. The van der Waals surface area contributed by atoms with Crippen LogP contribution in [-0.4, -0.2) is 17.2 Å². The van der Waals surface area contributed by atoms with Crippen LogP contribution in [0.15, 0.2) is 22.7 Å². The molecule has 0 aliphatic carbocycles. The molecule has 2 N–H and O–H groups in total. The molecule has 0 saturated heterocycles. The van der Waals surface area contributed by atoms with E-state index in [4.69, 9.17) is 10.0 Å². The summed E-state index contributed by atoms with van der Waals surface area (Å²) in [6.07, 6.45) is 0. The van der Waals surface area contributed by atoms with Crippen molar-refractivity contribution in [3.05, 3.63) is 28.2 Å². The van der Waals surface area contributed by atoms with Crippen LogP contribution in [0.5, 0.6) is 0 Å². The minimum absolute atomic E-state index is 0.549. The smallest absolute Gasteiger partial charge is 0.423 e. The average molecular weight is 215 g/mol. The second kappa shape index (κ2) is 3.39. The summed E-state index contributed by atoms with van der Waals surface area (Å²) in [7, 11) is -1.37. The lowest BCUT2D eigenvalue weighted by atomic mass is 9.77. The number of hydrogen-bond donors (Lipinski definition) is 2. The number of hydrogen-bond acceptors (Lipinski definition) is 2. The SMILES string of the molecule is Cc1cc(Br)ccc1B(O)O. The third kappa shape index (κ3) is 2.05. The van der Waals surface area contributed by atoms with E-state index in [2.05, 4.69) is 15.9 Å². The van der Waals surface area contributed by atoms with Crippen LogP contribution in [0, 0.1) is 6.92 Å². The van der Waals surface area contributed by atoms with Gasteiger partial charge >= 0.3 is 7.12 Å². The van der Waals surface area contributed by atoms with Crippen molar-refractivity contribution in [1.29, 1.82) is 0 Å². The van der Waals surface area contributed by atoms with E-state index in [0.717, 1.165) is 10.0 Å². The lowest BCUT2D eigenvalue weighted by Gasteiger charge is -2.03. The first kappa shape index (κ1) is 8.78. The van der Waals surface area contributed by atoms with Gasteiger partial charge in [0.1, 0.15) is 0 Å². The van der Waals surface area contributed by atoms with Crippen molar-refractivity contribution in [2.75, 3.05) is 0 Å². The largest absolute Gasteiger partial charge is 0.488 e. The van der Waals surface area contributed by atoms with E-state index < -0.39 is 7.12 Å². The van der Waals surface area contributed by atoms with Crippen LogP contribution >= 0.6 is 15.9 Å². The van der Waals surface area contributed by atoms with Crippen LogP contribution in [0.25, 0.3) is 0 Å². The van der Waals surface area contributed by atoms with Crippen LogP contribution < -0.4 is 5.46 Å². The predicted molar refractivity (Wildman–Crippen MR) is 48.7 cm³/mol. The molecule has 0 atom stereocenters. The Labute approximate surface area is 74.1 Å². The van der Waals surface area contributed by atoms with Crippen molar-refractivity contribution in [1.82, 2.24) is 0 Å². The quantitative estimate of drug-likeness (QED) is 0.667. The lowest BCUT2D eigenvalue weighted by Crippen LogP contribution is -2.31. The molecule has 0 fully saturated rings. The molecule has 1 aromatic carbocycles. The highest BCUT2D eigenvalue weighted by Crippen LogP contribution is 2.09. The Morgan fingerprint density at radius 1 is 1.36 bits per heavy atom. The topological polar surface area (TPSA) is 40.5 Å². The number of rotatable bonds is 1. The monoisotopic (exact) mass is 214 g/mol. The summed E-state index contributed by atoms with van der Waals surface area (Å²) in [6, 6.07) is 5.31. The van der Waals surface area contributed by atoms with E-state index in [0.29, 0.717) is 5.46 Å². The fraction of sp³-hybridized carbons (Fsp3) is 0.143. The van der Waals surface area contributed by atoms with E-state index in [1.165, 1.54) is 0 Å². The van der Waals surface area contributed by atoms with Crippen LogP contribution in [0.3, 0.4) is 0 Å². The molecule has 0 radical (unpaired) electrons. The van der Waals surface area contributed by atoms with Gasteiger partial charge in [0.15, 0.2) is 0 Å². The zero-order valence-corrected chi connectivity index (χ0v) is 7.67. The second-order valence-electron chi connectivity index (χ2n) is 2.37. The molecule has 2 nitrogen and oxygen atoms in total. The summed E-state index contributed by atoms with van der Waals surface area (Å²) in [6.45, 7) is 1.83. The summed E-state index contributed by atoms with van der Waals surface area (Å²) >= 11 is 3.28. The van der Waals surface area contributed by atoms with Crippen LogP contribution in [0.1, 0.15) is 5.56 Å². The highest BCUT2D eigenvalue weighted by atomic mass is 79.9. The maximum Gasteiger partial charge on any atom is 0.488 e. The Morgan fingerprint density at radius 2 is 2.00 bits per heavy atom. The van der Waals surface area contributed by atoms with Gasteiger partial charge < -0.3 is 10.0 Å². The maximum atomic E-state index is 8.84. The number of benzene rings is 1. The summed E-state index contributed by atoms with van der Waals surface area (Å²) in [5.74, 6) is 0. The van der Waals surface area contributed by atoms with Crippen LogP contribution in [0.2, 0.25) is 0 Å². The Balaban J connectivity index is 3.09. The summed E-state index contributed by atoms with van der Waals surface area (Å²) < 4.78 is 0.944. The average Bonchev–Trinajstić information content (AvgIpc) is 1.85. The van der Waals surface area contributed by atoms with Gasteiger partial charge in [-0.15, -0.1) is 0 Å². The molecule has 0 spiro atoms. The van der Waals surface area contributed by atoms with Gasteiger partial charge in [-0.3, -0.25) is 0 Å². The van der Waals surface area contributed by atoms with Crippen molar-refractivity contribution >= 4 is 28.5 Å². The third-order valence-electron chi connectivity index (χ3n) is 1.51. The Morgan fingerprint density at radius 3 is 2.45 bits per heavy atom. The van der Waals surface area contributed by atoms with Gasteiger partial charge in [0.05, 0.1) is 0 Å². The third-order valence-corrected chi connectivity index (χ3v) is 2.00. The van der Waals surface area contributed by atoms with E-state index in [1.54, 1.807) is 12.1 Å². The molecule has 0 aliphatic heterocycles. The molecular formula is C7H8BBrO2. The molecule has 0 amide bonds. The zero-order valence-electron chi connectivity index (χ0n) is 6.08. The minimum Gasteiger partial charge on any atom is -0.423 e. The van der Waals surface area contributed by atoms with Crippen molar-refractivity contribution in [2.24, 2.45) is 0 Å². The van der Waals surface area contributed by atoms with Crippen molar-refractivity contribution in [3.63, 3.8) is 0 Å². The maximum absolute atomic E-state index is 8.84. The minimum atomic E-state index is -1.37. The lowest BCUT2D eigenvalue weighted by molar-refractivity contribution is 0.425. The molecule has 0 bridgehead atoms. The molecule has 0 aliphatic rings. The Kier molecular flexibility index (Phi) is 2.70. The highest BCUT2D eigenvalue weighted by molar-refractivity contribution is 9.10. The normalized spacial score (nSPS) is 9.82. The number of halogens is 1. The first-order valence-corrected chi connectivity index (χ1v) is 4.03. The highest BCUT2D eigenvalue weighted by Gasteiger charge is 2.12. The standard InChI is InChI=1S/C7H8BBrO2/c1-5-4-6(9)2-3-7(5)8(10)11/h2-4,10-11H,1H3. The van der Waals surface area contributed by atoms with Gasteiger partial charge in [0, 0.05) is 4.47 Å². The Hall–Kier alpha value is -0.315. The van der Waals surface area contributed by atoms with Crippen molar-refractivity contribution in [3.8, 4) is 0 Å². The van der Waals surface area contributed by atoms with Gasteiger partial charge in [-0.2, -0.15) is 0 Å². The van der Waals surface area contributed by atoms with Crippen LogP contribution in [-0.2, 0) is 0 Å². The molecule has 11 heavy (non-hydrogen) atoms. The molecule has 1 rings (SSSR count). The first-order valence-electron chi connectivity index (χ1n) is 3.23. The Bertz CT molecular complexity index is 263. The van der Waals surface area contributed by atoms with E-state index in [-0.39, 0.29) is 0 Å².